The largest absolute Gasteiger partial charge is 0.347 e. The molecule has 0 aliphatic heterocycles. The van der Waals surface area contributed by atoms with Gasteiger partial charge in [0.2, 0.25) is 0 Å². The van der Waals surface area contributed by atoms with Crippen molar-refractivity contribution in [2.75, 3.05) is 0 Å². The summed E-state index contributed by atoms with van der Waals surface area (Å²) in [6.45, 7) is 0. The number of rotatable bonds is 6. The standard InChI is InChI=1S/C20H18Cl2N4O6/c21-13-7-5-11(9-17(13)25(29)30)19(27)23-15-3-1-2-4-16(15)24-20(28)12-6-8-14(22)18(10-12)26(31)32/h5-10,15-16H,1-4H2,(H,23,27)(H,24,28)/t15-,16-/m0/s1. The molecule has 2 amide bonds. The summed E-state index contributed by atoms with van der Waals surface area (Å²) >= 11 is 11.6. The Bertz CT molecular complexity index is 1010. The summed E-state index contributed by atoms with van der Waals surface area (Å²) in [4.78, 5) is 46.2. The molecule has 0 spiro atoms. The Balaban J connectivity index is 1.74. The molecule has 0 unspecified atom stereocenters. The van der Waals surface area contributed by atoms with E-state index >= 15 is 0 Å². The summed E-state index contributed by atoms with van der Waals surface area (Å²) in [6.07, 6.45) is 2.83. The number of hydrogen-bond acceptors (Lipinski definition) is 6. The lowest BCUT2D eigenvalue weighted by Crippen LogP contribution is -2.53. The third-order valence-electron chi connectivity index (χ3n) is 5.21. The predicted octanol–water partition coefficient (Wildman–Crippen LogP) is 4.28. The van der Waals surface area contributed by atoms with E-state index in [-0.39, 0.29) is 32.5 Å². The van der Waals surface area contributed by atoms with Crippen molar-refractivity contribution in [1.29, 1.82) is 0 Å². The smallest absolute Gasteiger partial charge is 0.288 e. The minimum absolute atomic E-state index is 0.0741. The van der Waals surface area contributed by atoms with Gasteiger partial charge in [-0.05, 0) is 37.1 Å². The third kappa shape index (κ3) is 5.32. The second kappa shape index (κ2) is 9.92. The van der Waals surface area contributed by atoms with Gasteiger partial charge in [-0.3, -0.25) is 29.8 Å². The maximum absolute atomic E-state index is 12.7. The van der Waals surface area contributed by atoms with Crippen LogP contribution in [0.25, 0.3) is 0 Å². The molecule has 0 saturated heterocycles. The maximum atomic E-state index is 12.7. The lowest BCUT2D eigenvalue weighted by Gasteiger charge is -2.32. The molecule has 2 N–H and O–H groups in total. The van der Waals surface area contributed by atoms with Crippen molar-refractivity contribution in [3.63, 3.8) is 0 Å². The fourth-order valence-electron chi connectivity index (χ4n) is 3.57. The molecule has 32 heavy (non-hydrogen) atoms. The molecular weight excluding hydrogens is 463 g/mol. The quantitative estimate of drug-likeness (QED) is 0.466. The Morgan fingerprint density at radius 3 is 1.50 bits per heavy atom. The molecule has 2 aromatic rings. The second-order valence-electron chi connectivity index (χ2n) is 7.29. The van der Waals surface area contributed by atoms with Crippen LogP contribution in [-0.4, -0.2) is 33.7 Å². The van der Waals surface area contributed by atoms with Gasteiger partial charge in [0.15, 0.2) is 0 Å². The molecule has 0 bridgehead atoms. The number of nitrogens with one attached hydrogen (secondary N) is 2. The molecule has 2 atom stereocenters. The van der Waals surface area contributed by atoms with Crippen LogP contribution < -0.4 is 10.6 Å². The second-order valence-corrected chi connectivity index (χ2v) is 8.11. The average molecular weight is 481 g/mol. The predicted molar refractivity (Wildman–Crippen MR) is 117 cm³/mol. The number of nitro groups is 2. The molecule has 1 fully saturated rings. The van der Waals surface area contributed by atoms with Gasteiger partial charge in [0.25, 0.3) is 23.2 Å². The summed E-state index contributed by atoms with van der Waals surface area (Å²) in [5, 5.41) is 27.6. The van der Waals surface area contributed by atoms with Gasteiger partial charge in [-0.25, -0.2) is 0 Å². The van der Waals surface area contributed by atoms with Crippen LogP contribution >= 0.6 is 23.2 Å². The fourth-order valence-corrected chi connectivity index (χ4v) is 3.94. The first-order chi connectivity index (χ1) is 15.2. The van der Waals surface area contributed by atoms with E-state index in [9.17, 15) is 29.8 Å². The molecule has 3 rings (SSSR count). The van der Waals surface area contributed by atoms with Crippen LogP contribution in [0.5, 0.6) is 0 Å². The lowest BCUT2D eigenvalue weighted by atomic mass is 9.89. The van der Waals surface area contributed by atoms with Crippen LogP contribution in [0.4, 0.5) is 11.4 Å². The number of nitrogens with zero attached hydrogens (tertiary/aromatic N) is 2. The van der Waals surface area contributed by atoms with E-state index in [1.807, 2.05) is 0 Å². The van der Waals surface area contributed by atoms with E-state index in [1.54, 1.807) is 0 Å². The van der Waals surface area contributed by atoms with Crippen molar-refractivity contribution in [2.24, 2.45) is 0 Å². The summed E-state index contributed by atoms with van der Waals surface area (Å²) in [7, 11) is 0. The van der Waals surface area contributed by atoms with Crippen molar-refractivity contribution in [3.05, 3.63) is 77.8 Å². The van der Waals surface area contributed by atoms with Crippen molar-refractivity contribution < 1.29 is 19.4 Å². The van der Waals surface area contributed by atoms with Gasteiger partial charge < -0.3 is 10.6 Å². The highest BCUT2D eigenvalue weighted by Gasteiger charge is 2.29. The average Bonchev–Trinajstić information content (AvgIpc) is 2.75. The summed E-state index contributed by atoms with van der Waals surface area (Å²) in [5.74, 6) is -1.06. The minimum Gasteiger partial charge on any atom is -0.347 e. The number of benzene rings is 2. The number of halogens is 2. The highest BCUT2D eigenvalue weighted by Crippen LogP contribution is 2.27. The molecule has 1 saturated carbocycles. The first-order valence-electron chi connectivity index (χ1n) is 9.67. The molecule has 168 valence electrons. The Morgan fingerprint density at radius 1 is 0.781 bits per heavy atom. The highest BCUT2D eigenvalue weighted by atomic mass is 35.5. The van der Waals surface area contributed by atoms with Crippen LogP contribution in [-0.2, 0) is 0 Å². The zero-order valence-electron chi connectivity index (χ0n) is 16.5. The molecule has 2 aromatic carbocycles. The normalized spacial score (nSPS) is 17.9. The first kappa shape index (κ1) is 23.4. The van der Waals surface area contributed by atoms with Crippen molar-refractivity contribution in [2.45, 2.75) is 37.8 Å². The van der Waals surface area contributed by atoms with Gasteiger partial charge in [-0.2, -0.15) is 0 Å². The monoisotopic (exact) mass is 480 g/mol. The molecule has 1 aliphatic carbocycles. The molecule has 0 aromatic heterocycles. The van der Waals surface area contributed by atoms with Crippen LogP contribution in [0.15, 0.2) is 36.4 Å². The molecule has 0 heterocycles. The first-order valence-corrected chi connectivity index (χ1v) is 10.4. The van der Waals surface area contributed by atoms with Gasteiger partial charge in [-0.15, -0.1) is 0 Å². The van der Waals surface area contributed by atoms with Crippen molar-refractivity contribution in [1.82, 2.24) is 10.6 Å². The number of amides is 2. The third-order valence-corrected chi connectivity index (χ3v) is 5.85. The van der Waals surface area contributed by atoms with Gasteiger partial charge in [0.05, 0.1) is 9.85 Å². The van der Waals surface area contributed by atoms with E-state index in [2.05, 4.69) is 10.6 Å². The lowest BCUT2D eigenvalue weighted by molar-refractivity contribution is -0.384. The number of carbonyl (C=O) groups is 2. The highest BCUT2D eigenvalue weighted by molar-refractivity contribution is 6.33. The number of hydrogen-bond donors (Lipinski definition) is 2. The Hall–Kier alpha value is -3.24. The molecule has 0 radical (unpaired) electrons. The van der Waals surface area contributed by atoms with Crippen LogP contribution in [0, 0.1) is 20.2 Å². The van der Waals surface area contributed by atoms with E-state index in [0.717, 1.165) is 25.0 Å². The molecule has 12 heteroatoms. The van der Waals surface area contributed by atoms with Crippen molar-refractivity contribution in [3.8, 4) is 0 Å². The summed E-state index contributed by atoms with van der Waals surface area (Å²) < 4.78 is 0. The zero-order chi connectivity index (χ0) is 23.4. The summed E-state index contributed by atoms with van der Waals surface area (Å²) in [5.41, 5.74) is -0.607. The van der Waals surface area contributed by atoms with Gasteiger partial charge in [-0.1, -0.05) is 36.0 Å². The van der Waals surface area contributed by atoms with E-state index in [0.29, 0.717) is 12.8 Å². The minimum atomic E-state index is -0.673. The van der Waals surface area contributed by atoms with E-state index < -0.39 is 33.7 Å². The summed E-state index contributed by atoms with van der Waals surface area (Å²) in [6, 6.07) is 6.68. The van der Waals surface area contributed by atoms with E-state index in [1.165, 1.54) is 24.3 Å². The topological polar surface area (TPSA) is 144 Å². The molecule has 1 aliphatic rings. The fraction of sp³-hybridized carbons (Fsp3) is 0.300. The van der Waals surface area contributed by atoms with Crippen LogP contribution in [0.1, 0.15) is 46.4 Å². The maximum Gasteiger partial charge on any atom is 0.288 e. The molecular formula is C20H18Cl2N4O6. The SMILES string of the molecule is O=C(N[C@H]1CCCC[C@@H]1NC(=O)c1ccc(Cl)c([N+](=O)[O-])c1)c1ccc(Cl)c([N+](=O)[O-])c1. The van der Waals surface area contributed by atoms with Crippen LogP contribution in [0.3, 0.4) is 0 Å². The number of nitro benzene ring substituents is 2. The number of carbonyl (C=O) groups excluding carboxylic acids is 2. The van der Waals surface area contributed by atoms with Gasteiger partial charge >= 0.3 is 0 Å². The van der Waals surface area contributed by atoms with E-state index in [4.69, 9.17) is 23.2 Å². The Morgan fingerprint density at radius 2 is 1.16 bits per heavy atom. The zero-order valence-corrected chi connectivity index (χ0v) is 18.1. The Labute approximate surface area is 192 Å². The van der Waals surface area contributed by atoms with Gasteiger partial charge in [0, 0.05) is 35.3 Å². The Kier molecular flexibility index (Phi) is 7.26. The van der Waals surface area contributed by atoms with Crippen LogP contribution in [0.2, 0.25) is 10.0 Å². The van der Waals surface area contributed by atoms with Crippen molar-refractivity contribution >= 4 is 46.4 Å². The molecule has 10 nitrogen and oxygen atoms in total. The van der Waals surface area contributed by atoms with Gasteiger partial charge in [0.1, 0.15) is 10.0 Å².